The molecule has 1 heterocycles. The zero-order valence-electron chi connectivity index (χ0n) is 18.1. The number of ether oxygens (including phenoxy) is 1. The molecule has 0 saturated heterocycles. The van der Waals surface area contributed by atoms with E-state index in [1.54, 1.807) is 31.4 Å². The predicted molar refractivity (Wildman–Crippen MR) is 123 cm³/mol. The minimum Gasteiger partial charge on any atom is -0.494 e. The van der Waals surface area contributed by atoms with Crippen molar-refractivity contribution in [3.63, 3.8) is 0 Å². The van der Waals surface area contributed by atoms with Crippen LogP contribution in [0.25, 0.3) is 6.08 Å². The Morgan fingerprint density at radius 3 is 1.97 bits per heavy atom. The summed E-state index contributed by atoms with van der Waals surface area (Å²) in [6, 6.07) is 3.51. The fraction of sp³-hybridized carbons (Fsp3) is 0.227. The number of furan rings is 1. The molecule has 0 unspecified atom stereocenters. The zero-order chi connectivity index (χ0) is 19.1. The Bertz CT molecular complexity index is 777. The number of methoxy groups -OCH3 is 1. The molecule has 2 rings (SSSR count). The Morgan fingerprint density at radius 2 is 1.62 bits per heavy atom. The second-order valence-corrected chi connectivity index (χ2v) is 6.87. The maximum absolute atomic E-state index is 12.9. The minimum absolute atomic E-state index is 0. The van der Waals surface area contributed by atoms with Crippen LogP contribution in [0.15, 0.2) is 44.7 Å². The van der Waals surface area contributed by atoms with E-state index in [0.29, 0.717) is 34.8 Å². The van der Waals surface area contributed by atoms with Crippen LogP contribution < -0.4 is 4.74 Å². The molecule has 0 spiro atoms. The van der Waals surface area contributed by atoms with Crippen LogP contribution in [0, 0.1) is 21.8 Å². The van der Waals surface area contributed by atoms with Crippen molar-refractivity contribution in [2.45, 2.75) is 27.2 Å². The number of rotatable bonds is 5. The van der Waals surface area contributed by atoms with Crippen molar-refractivity contribution < 1.29 is 79.4 Å². The number of hydrogen-bond donors (Lipinski definition) is 0. The van der Waals surface area contributed by atoms with Gasteiger partial charge in [0.15, 0.2) is 5.78 Å². The summed E-state index contributed by atoms with van der Waals surface area (Å²) in [6.07, 6.45) is 4.03. The third-order valence-electron chi connectivity index (χ3n) is 3.45. The molecule has 2 aromatic rings. The van der Waals surface area contributed by atoms with Crippen molar-refractivity contribution in [1.82, 2.24) is 0 Å². The van der Waals surface area contributed by atoms with Crippen LogP contribution in [-0.4, -0.2) is 12.9 Å². The van der Waals surface area contributed by atoms with Gasteiger partial charge in [-0.05, 0) is 63.9 Å². The van der Waals surface area contributed by atoms with Gasteiger partial charge in [-0.25, -0.2) is 0 Å². The Morgan fingerprint density at radius 1 is 1.17 bits per heavy atom. The molecular weight excluding hydrogens is 650 g/mol. The van der Waals surface area contributed by atoms with Gasteiger partial charge in [0.1, 0.15) is 17.3 Å². The number of carbonyl (C=O) groups is 1. The van der Waals surface area contributed by atoms with Gasteiger partial charge in [0.25, 0.3) is 0 Å². The van der Waals surface area contributed by atoms with Crippen LogP contribution in [0.3, 0.4) is 0 Å². The molecule has 29 heavy (non-hydrogen) atoms. The Balaban J connectivity index is -0.000000420. The number of carbonyl (C=O) groups excluding carboxylic acids is 1. The largest absolute Gasteiger partial charge is 0.494 e. The van der Waals surface area contributed by atoms with Crippen molar-refractivity contribution >= 4 is 43.7 Å². The molecule has 0 fully saturated rings. The Labute approximate surface area is 243 Å². The van der Waals surface area contributed by atoms with Crippen molar-refractivity contribution in [2.75, 3.05) is 7.11 Å². The molecule has 3 nitrogen and oxygen atoms in total. The molecule has 0 N–H and O–H groups in total. The van der Waals surface area contributed by atoms with Gasteiger partial charge in [0.05, 0.1) is 21.6 Å². The SMILES string of the molecule is C=CC.C=Cc1oc(CC)c(C(=O)c2cc(Br)c(OC)c(Br)c2)c1C.[CH3-].[CH3-].[Y].[Y]. The van der Waals surface area contributed by atoms with Gasteiger partial charge < -0.3 is 24.0 Å². The van der Waals surface area contributed by atoms with E-state index in [2.05, 4.69) is 45.0 Å². The number of hydrogen-bond acceptors (Lipinski definition) is 3. The second kappa shape index (κ2) is 18.2. The van der Waals surface area contributed by atoms with E-state index in [9.17, 15) is 4.79 Å². The molecule has 0 saturated carbocycles. The second-order valence-electron chi connectivity index (χ2n) is 5.16. The first-order valence-corrected chi connectivity index (χ1v) is 9.34. The molecule has 0 aliphatic carbocycles. The summed E-state index contributed by atoms with van der Waals surface area (Å²) in [5, 5.41) is 0. The molecule has 0 amide bonds. The smallest absolute Gasteiger partial charge is 0.196 e. The summed E-state index contributed by atoms with van der Waals surface area (Å²) in [7, 11) is 1.58. The fourth-order valence-electron chi connectivity index (χ4n) is 2.36. The van der Waals surface area contributed by atoms with Crippen molar-refractivity contribution in [1.29, 1.82) is 0 Å². The molecule has 1 aromatic carbocycles. The van der Waals surface area contributed by atoms with Gasteiger partial charge >= 0.3 is 0 Å². The summed E-state index contributed by atoms with van der Waals surface area (Å²) in [5.74, 6) is 1.91. The summed E-state index contributed by atoms with van der Waals surface area (Å²) in [4.78, 5) is 12.9. The standard InChI is InChI=1S/C17H16Br2O3.C3H6.2CH3.2Y/c1-5-13-9(3)15(14(6-2)22-13)16(20)10-7-11(18)17(21-4)12(19)8-10;1-3-2;;;;/h5,7-8H,1,6H2,2-4H3;3H,1H2,2H3;2*1H3;;/q;;2*-1;;. The average molecular weight is 678 g/mol. The molecule has 0 bridgehead atoms. The summed E-state index contributed by atoms with van der Waals surface area (Å²) >= 11 is 6.85. The topological polar surface area (TPSA) is 39.4 Å². The number of benzene rings is 1. The first kappa shape index (κ1) is 37.0. The van der Waals surface area contributed by atoms with Gasteiger partial charge in [0, 0.05) is 83.0 Å². The molecule has 1 aromatic heterocycles. The van der Waals surface area contributed by atoms with Crippen LogP contribution in [0.4, 0.5) is 0 Å². The molecule has 7 heteroatoms. The van der Waals surface area contributed by atoms with Crippen molar-refractivity contribution in [3.05, 3.63) is 83.4 Å². The minimum atomic E-state index is -0.0738. The maximum Gasteiger partial charge on any atom is 0.196 e. The normalized spacial score (nSPS) is 8.48. The first-order valence-electron chi connectivity index (χ1n) is 7.75. The van der Waals surface area contributed by atoms with E-state index in [1.807, 2.05) is 20.8 Å². The predicted octanol–water partition coefficient (Wildman–Crippen LogP) is 7.65. The van der Waals surface area contributed by atoms with E-state index >= 15 is 0 Å². The van der Waals surface area contributed by atoms with E-state index in [0.717, 1.165) is 14.5 Å². The quantitative estimate of drug-likeness (QED) is 0.186. The molecule has 2 radical (unpaired) electrons. The molecule has 0 aliphatic rings. The van der Waals surface area contributed by atoms with Crippen LogP contribution in [0.2, 0.25) is 0 Å². The third-order valence-corrected chi connectivity index (χ3v) is 4.63. The summed E-state index contributed by atoms with van der Waals surface area (Å²) < 4.78 is 12.4. The van der Waals surface area contributed by atoms with E-state index < -0.39 is 0 Å². The van der Waals surface area contributed by atoms with E-state index in [1.165, 1.54) is 0 Å². The maximum atomic E-state index is 12.9. The number of ketones is 1. The third kappa shape index (κ3) is 9.33. The zero-order valence-corrected chi connectivity index (χ0v) is 26.9. The molecular formula is C22H28Br2O3Y2-2. The van der Waals surface area contributed by atoms with Crippen LogP contribution in [0.5, 0.6) is 5.75 Å². The van der Waals surface area contributed by atoms with Gasteiger partial charge in [-0.15, -0.1) is 6.58 Å². The summed E-state index contributed by atoms with van der Waals surface area (Å²) in [5.41, 5.74) is 2.00. The molecule has 0 atom stereocenters. The number of halogens is 2. The van der Waals surface area contributed by atoms with Gasteiger partial charge in [-0.1, -0.05) is 19.6 Å². The van der Waals surface area contributed by atoms with Gasteiger partial charge in [-0.2, -0.15) is 0 Å². The fourth-order valence-corrected chi connectivity index (χ4v) is 3.87. The first-order chi connectivity index (χ1) is 11.9. The molecule has 156 valence electrons. The van der Waals surface area contributed by atoms with Gasteiger partial charge in [-0.3, -0.25) is 4.79 Å². The van der Waals surface area contributed by atoms with Crippen LogP contribution in [0.1, 0.15) is 46.9 Å². The monoisotopic (exact) mass is 676 g/mol. The Kier molecular flexibility index (Phi) is 23.2. The number of allylic oxidation sites excluding steroid dienone is 1. The summed E-state index contributed by atoms with van der Waals surface area (Å²) in [6.45, 7) is 12.8. The van der Waals surface area contributed by atoms with Crippen LogP contribution >= 0.6 is 31.9 Å². The average Bonchev–Trinajstić information content (AvgIpc) is 2.90. The number of aryl methyl sites for hydroxylation is 1. The Hall–Kier alpha value is 0.618. The van der Waals surface area contributed by atoms with E-state index in [4.69, 9.17) is 9.15 Å². The van der Waals surface area contributed by atoms with Gasteiger partial charge in [0.2, 0.25) is 0 Å². The van der Waals surface area contributed by atoms with E-state index in [-0.39, 0.29) is 86.1 Å². The molecule has 0 aliphatic heterocycles. The van der Waals surface area contributed by atoms with Crippen LogP contribution in [-0.2, 0) is 71.8 Å². The van der Waals surface area contributed by atoms with Crippen molar-refractivity contribution in [3.8, 4) is 5.75 Å². The van der Waals surface area contributed by atoms with Crippen molar-refractivity contribution in [2.24, 2.45) is 0 Å².